The standard InChI is InChI=1S/C17H16N4O/c1-12-7-9-14(10-8-12)21-11-18-16(20-21)17(22)19-15-6-4-3-5-13(15)2/h3-11H,1-2H3,(H,19,22). The molecule has 5 nitrogen and oxygen atoms in total. The van der Waals surface area contributed by atoms with Gasteiger partial charge in [-0.25, -0.2) is 9.67 Å². The number of benzene rings is 2. The smallest absolute Gasteiger partial charge is 0.295 e. The number of nitrogens with one attached hydrogen (secondary N) is 1. The number of carbonyl (C=O) groups excluding carboxylic acids is 1. The van der Waals surface area contributed by atoms with Crippen LogP contribution in [-0.4, -0.2) is 20.7 Å². The molecule has 0 saturated heterocycles. The van der Waals surface area contributed by atoms with Gasteiger partial charge < -0.3 is 5.32 Å². The van der Waals surface area contributed by atoms with Crippen molar-refractivity contribution in [1.29, 1.82) is 0 Å². The molecule has 1 heterocycles. The maximum Gasteiger partial charge on any atom is 0.295 e. The highest BCUT2D eigenvalue weighted by atomic mass is 16.2. The molecule has 5 heteroatoms. The number of hydrogen-bond acceptors (Lipinski definition) is 3. The van der Waals surface area contributed by atoms with E-state index >= 15 is 0 Å². The molecule has 0 unspecified atom stereocenters. The first kappa shape index (κ1) is 14.0. The van der Waals surface area contributed by atoms with Crippen LogP contribution < -0.4 is 5.32 Å². The molecule has 110 valence electrons. The van der Waals surface area contributed by atoms with Gasteiger partial charge in [-0.15, -0.1) is 5.10 Å². The van der Waals surface area contributed by atoms with Crippen LogP contribution in [0.5, 0.6) is 0 Å². The molecule has 0 radical (unpaired) electrons. The Bertz CT molecular complexity index is 806. The van der Waals surface area contributed by atoms with Crippen LogP contribution in [0, 0.1) is 13.8 Å². The highest BCUT2D eigenvalue weighted by molar-refractivity contribution is 6.01. The van der Waals surface area contributed by atoms with Crippen molar-refractivity contribution < 1.29 is 4.79 Å². The van der Waals surface area contributed by atoms with Crippen molar-refractivity contribution in [2.75, 3.05) is 5.32 Å². The van der Waals surface area contributed by atoms with Gasteiger partial charge in [0.2, 0.25) is 5.82 Å². The first-order chi connectivity index (χ1) is 10.6. The molecule has 0 saturated carbocycles. The van der Waals surface area contributed by atoms with Crippen LogP contribution in [0.1, 0.15) is 21.7 Å². The van der Waals surface area contributed by atoms with E-state index in [1.165, 1.54) is 11.9 Å². The van der Waals surface area contributed by atoms with Gasteiger partial charge in [0, 0.05) is 5.69 Å². The molecule has 0 fully saturated rings. The third-order valence-electron chi connectivity index (χ3n) is 3.39. The molecular formula is C17H16N4O. The van der Waals surface area contributed by atoms with Crippen molar-refractivity contribution in [2.24, 2.45) is 0 Å². The number of aromatic nitrogens is 3. The van der Waals surface area contributed by atoms with Crippen molar-refractivity contribution in [3.63, 3.8) is 0 Å². The molecule has 22 heavy (non-hydrogen) atoms. The zero-order chi connectivity index (χ0) is 15.5. The van der Waals surface area contributed by atoms with Gasteiger partial charge in [0.25, 0.3) is 5.91 Å². The van der Waals surface area contributed by atoms with E-state index in [9.17, 15) is 4.79 Å². The van der Waals surface area contributed by atoms with Crippen molar-refractivity contribution in [1.82, 2.24) is 14.8 Å². The quantitative estimate of drug-likeness (QED) is 0.806. The van der Waals surface area contributed by atoms with E-state index < -0.39 is 0 Å². The Morgan fingerprint density at radius 2 is 1.77 bits per heavy atom. The average molecular weight is 292 g/mol. The highest BCUT2D eigenvalue weighted by Crippen LogP contribution is 2.14. The van der Waals surface area contributed by atoms with Crippen LogP contribution in [-0.2, 0) is 0 Å². The van der Waals surface area contributed by atoms with Crippen LogP contribution in [0.2, 0.25) is 0 Å². The summed E-state index contributed by atoms with van der Waals surface area (Å²) in [5, 5.41) is 7.05. The van der Waals surface area contributed by atoms with E-state index in [1.54, 1.807) is 4.68 Å². The summed E-state index contributed by atoms with van der Waals surface area (Å²) in [5.41, 5.74) is 3.79. The molecular weight excluding hydrogens is 276 g/mol. The fourth-order valence-corrected chi connectivity index (χ4v) is 2.08. The van der Waals surface area contributed by atoms with E-state index in [0.29, 0.717) is 0 Å². The lowest BCUT2D eigenvalue weighted by Crippen LogP contribution is -2.15. The molecule has 0 atom stereocenters. The summed E-state index contributed by atoms with van der Waals surface area (Å²) in [6.45, 7) is 3.96. The second-order valence-electron chi connectivity index (χ2n) is 5.12. The molecule has 0 aliphatic heterocycles. The minimum Gasteiger partial charge on any atom is -0.319 e. The zero-order valence-electron chi connectivity index (χ0n) is 12.4. The summed E-state index contributed by atoms with van der Waals surface area (Å²) in [7, 11) is 0. The van der Waals surface area contributed by atoms with Gasteiger partial charge in [0.15, 0.2) is 0 Å². The first-order valence-corrected chi connectivity index (χ1v) is 6.99. The van der Waals surface area contributed by atoms with Crippen molar-refractivity contribution in [2.45, 2.75) is 13.8 Å². The first-order valence-electron chi connectivity index (χ1n) is 6.99. The van der Waals surface area contributed by atoms with Gasteiger partial charge in [0.1, 0.15) is 6.33 Å². The van der Waals surface area contributed by atoms with Gasteiger partial charge in [0.05, 0.1) is 5.69 Å². The minimum absolute atomic E-state index is 0.142. The fraction of sp³-hybridized carbons (Fsp3) is 0.118. The van der Waals surface area contributed by atoms with Crippen LogP contribution >= 0.6 is 0 Å². The van der Waals surface area contributed by atoms with E-state index in [0.717, 1.165) is 16.9 Å². The van der Waals surface area contributed by atoms with Crippen LogP contribution in [0.25, 0.3) is 5.69 Å². The molecule has 3 rings (SSSR count). The Kier molecular flexibility index (Phi) is 3.70. The maximum absolute atomic E-state index is 12.2. The van der Waals surface area contributed by atoms with Crippen LogP contribution in [0.15, 0.2) is 54.9 Å². The predicted molar refractivity (Wildman–Crippen MR) is 85.2 cm³/mol. The number of nitrogens with zero attached hydrogens (tertiary/aromatic N) is 3. The summed E-state index contributed by atoms with van der Waals surface area (Å²) in [4.78, 5) is 16.3. The summed E-state index contributed by atoms with van der Waals surface area (Å²) in [5.74, 6) is -0.177. The molecule has 1 aromatic heterocycles. The lowest BCUT2D eigenvalue weighted by atomic mass is 10.2. The minimum atomic E-state index is -0.319. The fourth-order valence-electron chi connectivity index (χ4n) is 2.08. The normalized spacial score (nSPS) is 10.5. The zero-order valence-corrected chi connectivity index (χ0v) is 12.4. The van der Waals surface area contributed by atoms with E-state index in [2.05, 4.69) is 15.4 Å². The van der Waals surface area contributed by atoms with Crippen molar-refractivity contribution >= 4 is 11.6 Å². The van der Waals surface area contributed by atoms with Gasteiger partial charge >= 0.3 is 0 Å². The molecule has 1 N–H and O–H groups in total. The molecule has 0 aliphatic rings. The number of carbonyl (C=O) groups is 1. The lowest BCUT2D eigenvalue weighted by Gasteiger charge is -2.05. The van der Waals surface area contributed by atoms with E-state index in [-0.39, 0.29) is 11.7 Å². The Balaban J connectivity index is 1.80. The second-order valence-corrected chi connectivity index (χ2v) is 5.12. The Morgan fingerprint density at radius 1 is 1.05 bits per heavy atom. The number of hydrogen-bond donors (Lipinski definition) is 1. The Labute approximate surface area is 128 Å². The lowest BCUT2D eigenvalue weighted by molar-refractivity contribution is 0.101. The number of anilines is 1. The molecule has 0 bridgehead atoms. The largest absolute Gasteiger partial charge is 0.319 e. The molecule has 0 spiro atoms. The van der Waals surface area contributed by atoms with E-state index in [4.69, 9.17) is 0 Å². The third kappa shape index (κ3) is 2.88. The summed E-state index contributed by atoms with van der Waals surface area (Å²) >= 11 is 0. The summed E-state index contributed by atoms with van der Waals surface area (Å²) < 4.78 is 1.59. The Morgan fingerprint density at radius 3 is 2.50 bits per heavy atom. The number of para-hydroxylation sites is 1. The Hall–Kier alpha value is -2.95. The number of aryl methyl sites for hydroxylation is 2. The van der Waals surface area contributed by atoms with Crippen LogP contribution in [0.4, 0.5) is 5.69 Å². The predicted octanol–water partition coefficient (Wildman–Crippen LogP) is 3.14. The molecule has 3 aromatic rings. The third-order valence-corrected chi connectivity index (χ3v) is 3.39. The highest BCUT2D eigenvalue weighted by Gasteiger charge is 2.13. The molecule has 0 aliphatic carbocycles. The van der Waals surface area contributed by atoms with E-state index in [1.807, 2.05) is 62.4 Å². The maximum atomic E-state index is 12.2. The van der Waals surface area contributed by atoms with Gasteiger partial charge in [-0.05, 0) is 37.6 Å². The molecule has 2 aromatic carbocycles. The van der Waals surface area contributed by atoms with Gasteiger partial charge in [-0.1, -0.05) is 35.9 Å². The number of rotatable bonds is 3. The van der Waals surface area contributed by atoms with Crippen molar-refractivity contribution in [3.05, 3.63) is 71.8 Å². The summed E-state index contributed by atoms with van der Waals surface area (Å²) in [6.07, 6.45) is 1.54. The number of amides is 1. The second kappa shape index (κ2) is 5.81. The molecule has 1 amide bonds. The SMILES string of the molecule is Cc1ccc(-n2cnc(C(=O)Nc3ccccc3C)n2)cc1. The topological polar surface area (TPSA) is 59.8 Å². The van der Waals surface area contributed by atoms with Gasteiger partial charge in [-0.2, -0.15) is 0 Å². The van der Waals surface area contributed by atoms with Crippen LogP contribution in [0.3, 0.4) is 0 Å². The monoisotopic (exact) mass is 292 g/mol. The van der Waals surface area contributed by atoms with Gasteiger partial charge in [-0.3, -0.25) is 4.79 Å². The summed E-state index contributed by atoms with van der Waals surface area (Å²) in [6, 6.07) is 15.4. The van der Waals surface area contributed by atoms with Crippen molar-refractivity contribution in [3.8, 4) is 5.69 Å². The average Bonchev–Trinajstić information content (AvgIpc) is 3.00.